The second-order valence-electron chi connectivity index (χ2n) is 4.32. The molecule has 0 unspecified atom stereocenters. The van der Waals surface area contributed by atoms with Gasteiger partial charge in [0.25, 0.3) is 0 Å². The van der Waals surface area contributed by atoms with Crippen LogP contribution in [0.15, 0.2) is 22.7 Å². The fourth-order valence-corrected chi connectivity index (χ4v) is 1.75. The van der Waals surface area contributed by atoms with E-state index in [-0.39, 0.29) is 0 Å². The molecule has 1 rings (SSSR count). The Balaban J connectivity index is 2.76. The van der Waals surface area contributed by atoms with Gasteiger partial charge in [0.15, 0.2) is 0 Å². The molecule has 0 saturated carbocycles. The van der Waals surface area contributed by atoms with Gasteiger partial charge in [0.2, 0.25) is 0 Å². The lowest BCUT2D eigenvalue weighted by Gasteiger charge is -2.20. The maximum Gasteiger partial charge on any atom is 0.0763 e. The van der Waals surface area contributed by atoms with E-state index >= 15 is 0 Å². The molecule has 84 valence electrons. The van der Waals surface area contributed by atoms with Crippen molar-refractivity contribution in [2.24, 2.45) is 0 Å². The first kappa shape index (κ1) is 12.5. The van der Waals surface area contributed by atoms with Gasteiger partial charge in [-0.1, -0.05) is 22.9 Å². The van der Waals surface area contributed by atoms with E-state index in [1.807, 2.05) is 12.1 Å². The van der Waals surface area contributed by atoms with Crippen molar-refractivity contribution in [1.29, 1.82) is 0 Å². The quantitative estimate of drug-likeness (QED) is 0.882. The summed E-state index contributed by atoms with van der Waals surface area (Å²) in [6, 6.07) is 6.15. The number of hydrogen-bond donors (Lipinski definition) is 2. The van der Waals surface area contributed by atoms with Crippen LogP contribution in [0.25, 0.3) is 0 Å². The summed E-state index contributed by atoms with van der Waals surface area (Å²) in [5.41, 5.74) is 1.68. The van der Waals surface area contributed by atoms with E-state index in [1.54, 1.807) is 13.8 Å². The lowest BCUT2D eigenvalue weighted by atomic mass is 10.1. The van der Waals surface area contributed by atoms with E-state index in [4.69, 9.17) is 0 Å². The highest BCUT2D eigenvalue weighted by Gasteiger charge is 2.12. The average molecular weight is 272 g/mol. The Bertz CT molecular complexity index is 331. The number of rotatable bonds is 4. The summed E-state index contributed by atoms with van der Waals surface area (Å²) in [6.45, 7) is 6.27. The van der Waals surface area contributed by atoms with E-state index < -0.39 is 5.60 Å². The molecular formula is C12H18BrNO. The lowest BCUT2D eigenvalue weighted by molar-refractivity contribution is 0.0945. The van der Waals surface area contributed by atoms with Crippen LogP contribution in [0.1, 0.15) is 26.3 Å². The number of aliphatic hydroxyl groups is 1. The molecule has 0 fully saturated rings. The fraction of sp³-hybridized carbons (Fsp3) is 0.500. The van der Waals surface area contributed by atoms with Gasteiger partial charge < -0.3 is 10.4 Å². The zero-order chi connectivity index (χ0) is 11.5. The van der Waals surface area contributed by atoms with Crippen LogP contribution in [0.3, 0.4) is 0 Å². The van der Waals surface area contributed by atoms with Gasteiger partial charge in [0.05, 0.1) is 5.60 Å². The molecule has 0 aliphatic rings. The van der Waals surface area contributed by atoms with Crippen LogP contribution in [0.2, 0.25) is 0 Å². The van der Waals surface area contributed by atoms with Gasteiger partial charge in [-0.05, 0) is 44.0 Å². The molecule has 0 radical (unpaired) electrons. The molecule has 0 bridgehead atoms. The normalized spacial score (nSPS) is 11.5. The molecule has 0 saturated heterocycles. The van der Waals surface area contributed by atoms with Gasteiger partial charge in [-0.15, -0.1) is 0 Å². The topological polar surface area (TPSA) is 32.3 Å². The number of hydrogen-bond acceptors (Lipinski definition) is 2. The largest absolute Gasteiger partial charge is 0.389 e. The molecule has 0 aliphatic carbocycles. The summed E-state index contributed by atoms with van der Waals surface area (Å²) in [7, 11) is 0. The van der Waals surface area contributed by atoms with Crippen molar-refractivity contribution in [2.75, 3.05) is 11.9 Å². The zero-order valence-corrected chi connectivity index (χ0v) is 11.1. The molecule has 0 heterocycles. The number of aryl methyl sites for hydroxylation is 1. The van der Waals surface area contributed by atoms with Crippen molar-refractivity contribution in [3.63, 3.8) is 0 Å². The van der Waals surface area contributed by atoms with Crippen molar-refractivity contribution in [3.8, 4) is 0 Å². The van der Waals surface area contributed by atoms with Crippen LogP contribution in [0.4, 0.5) is 5.69 Å². The summed E-state index contributed by atoms with van der Waals surface area (Å²) in [6.07, 6.45) is 0.980. The van der Waals surface area contributed by atoms with Crippen molar-refractivity contribution in [1.82, 2.24) is 0 Å². The second-order valence-corrected chi connectivity index (χ2v) is 5.24. The molecule has 2 nitrogen and oxygen atoms in total. The van der Waals surface area contributed by atoms with E-state index in [2.05, 4.69) is 34.2 Å². The van der Waals surface area contributed by atoms with Crippen molar-refractivity contribution in [2.45, 2.75) is 32.8 Å². The highest BCUT2D eigenvalue weighted by atomic mass is 79.9. The molecule has 0 atom stereocenters. The van der Waals surface area contributed by atoms with Gasteiger partial charge in [-0.25, -0.2) is 0 Å². The molecule has 0 amide bonds. The summed E-state index contributed by atoms with van der Waals surface area (Å²) < 4.78 is 1.09. The lowest BCUT2D eigenvalue weighted by Crippen LogP contribution is -2.29. The number of halogens is 1. The minimum Gasteiger partial charge on any atom is -0.389 e. The third-order valence-corrected chi connectivity index (χ3v) is 2.65. The monoisotopic (exact) mass is 271 g/mol. The van der Waals surface area contributed by atoms with Crippen LogP contribution in [0.5, 0.6) is 0 Å². The standard InChI is InChI=1S/C12H18BrNO/c1-4-9-7-10(13)5-6-11(9)14-8-12(2,3)15/h5-7,14-15H,4,8H2,1-3H3. The Morgan fingerprint density at radius 1 is 1.40 bits per heavy atom. The number of benzene rings is 1. The highest BCUT2D eigenvalue weighted by Crippen LogP contribution is 2.22. The van der Waals surface area contributed by atoms with Crippen LogP contribution in [0, 0.1) is 0 Å². The van der Waals surface area contributed by atoms with Crippen molar-refractivity contribution in [3.05, 3.63) is 28.2 Å². The van der Waals surface area contributed by atoms with Gasteiger partial charge in [0.1, 0.15) is 0 Å². The Kier molecular flexibility index (Phi) is 4.17. The second kappa shape index (κ2) is 4.99. The van der Waals surface area contributed by atoms with Gasteiger partial charge >= 0.3 is 0 Å². The van der Waals surface area contributed by atoms with Gasteiger partial charge in [-0.3, -0.25) is 0 Å². The van der Waals surface area contributed by atoms with E-state index in [9.17, 15) is 5.11 Å². The Morgan fingerprint density at radius 3 is 2.60 bits per heavy atom. The molecule has 1 aromatic carbocycles. The Labute approximate surface area is 99.8 Å². The van der Waals surface area contributed by atoms with Crippen LogP contribution in [-0.2, 0) is 6.42 Å². The third kappa shape index (κ3) is 4.22. The molecule has 0 spiro atoms. The van der Waals surface area contributed by atoms with E-state index in [1.165, 1.54) is 5.56 Å². The number of nitrogens with one attached hydrogen (secondary N) is 1. The SMILES string of the molecule is CCc1cc(Br)ccc1NCC(C)(C)O. The predicted molar refractivity (Wildman–Crippen MR) is 68.3 cm³/mol. The maximum atomic E-state index is 9.63. The maximum absolute atomic E-state index is 9.63. The molecular weight excluding hydrogens is 254 g/mol. The van der Waals surface area contributed by atoms with Crippen LogP contribution >= 0.6 is 15.9 Å². The predicted octanol–water partition coefficient (Wildman–Crippen LogP) is 3.19. The highest BCUT2D eigenvalue weighted by molar-refractivity contribution is 9.10. The minimum atomic E-state index is -0.682. The van der Waals surface area contributed by atoms with Gasteiger partial charge in [0, 0.05) is 16.7 Å². The first-order valence-corrected chi connectivity index (χ1v) is 5.96. The average Bonchev–Trinajstić information content (AvgIpc) is 2.14. The summed E-state index contributed by atoms with van der Waals surface area (Å²) in [5, 5.41) is 12.9. The van der Waals surface area contributed by atoms with Gasteiger partial charge in [-0.2, -0.15) is 0 Å². The zero-order valence-electron chi connectivity index (χ0n) is 9.47. The van der Waals surface area contributed by atoms with E-state index in [0.717, 1.165) is 16.6 Å². The summed E-state index contributed by atoms with van der Waals surface area (Å²) in [5.74, 6) is 0. The molecule has 1 aromatic rings. The first-order valence-electron chi connectivity index (χ1n) is 5.17. The van der Waals surface area contributed by atoms with Crippen LogP contribution < -0.4 is 5.32 Å². The Morgan fingerprint density at radius 2 is 2.07 bits per heavy atom. The first-order chi connectivity index (χ1) is 6.92. The summed E-state index contributed by atoms with van der Waals surface area (Å²) in [4.78, 5) is 0. The Hall–Kier alpha value is -0.540. The fourth-order valence-electron chi connectivity index (χ4n) is 1.34. The molecule has 15 heavy (non-hydrogen) atoms. The van der Waals surface area contributed by atoms with E-state index in [0.29, 0.717) is 6.54 Å². The minimum absolute atomic E-state index is 0.557. The number of anilines is 1. The molecule has 0 aliphatic heterocycles. The molecule has 2 N–H and O–H groups in total. The molecule has 3 heteroatoms. The summed E-state index contributed by atoms with van der Waals surface area (Å²) >= 11 is 3.45. The van der Waals surface area contributed by atoms with Crippen LogP contribution in [-0.4, -0.2) is 17.3 Å². The smallest absolute Gasteiger partial charge is 0.0763 e. The molecule has 0 aromatic heterocycles. The van der Waals surface area contributed by atoms with Crippen molar-refractivity contribution < 1.29 is 5.11 Å². The van der Waals surface area contributed by atoms with Crippen molar-refractivity contribution >= 4 is 21.6 Å². The third-order valence-electron chi connectivity index (χ3n) is 2.16.